The van der Waals surface area contributed by atoms with Crippen LogP contribution in [0.5, 0.6) is 0 Å². The number of hydrogen-bond donors (Lipinski definition) is 1. The van der Waals surface area contributed by atoms with Gasteiger partial charge >= 0.3 is 0 Å². The summed E-state index contributed by atoms with van der Waals surface area (Å²) in [6.45, 7) is 13.4. The van der Waals surface area contributed by atoms with E-state index in [1.54, 1.807) is 0 Å². The maximum Gasteiger partial charge on any atom is 0.193 e. The molecule has 1 heterocycles. The highest BCUT2D eigenvalue weighted by molar-refractivity contribution is 5.80. The van der Waals surface area contributed by atoms with E-state index in [4.69, 9.17) is 9.73 Å². The molecule has 0 atom stereocenters. The Labute approximate surface area is 160 Å². The van der Waals surface area contributed by atoms with Gasteiger partial charge in [0.05, 0.1) is 6.10 Å². The first kappa shape index (κ1) is 20.8. The fourth-order valence-electron chi connectivity index (χ4n) is 3.43. The van der Waals surface area contributed by atoms with E-state index in [9.17, 15) is 0 Å². The van der Waals surface area contributed by atoms with Crippen molar-refractivity contribution in [3.05, 3.63) is 35.4 Å². The van der Waals surface area contributed by atoms with Crippen molar-refractivity contribution in [2.45, 2.75) is 65.4 Å². The number of nitrogens with zero attached hydrogens (tertiary/aromatic N) is 2. The smallest absolute Gasteiger partial charge is 0.193 e. The number of nitrogens with one attached hydrogen (secondary N) is 1. The molecule has 0 aromatic heterocycles. The average molecular weight is 360 g/mol. The largest absolute Gasteiger partial charge is 0.378 e. The lowest BCUT2D eigenvalue weighted by atomic mass is 10.0. The zero-order chi connectivity index (χ0) is 18.8. The van der Waals surface area contributed by atoms with Crippen LogP contribution < -0.4 is 5.32 Å². The number of benzene rings is 1. The molecule has 1 N–H and O–H groups in total. The third-order valence-corrected chi connectivity index (χ3v) is 5.01. The SMILES string of the molecule is CCNC(=NCCCc1ccc(C(C)C)cc1)N1CCC(OCC)CC1. The summed E-state index contributed by atoms with van der Waals surface area (Å²) in [6, 6.07) is 9.05. The lowest BCUT2D eigenvalue weighted by Crippen LogP contribution is -2.47. The molecule has 146 valence electrons. The topological polar surface area (TPSA) is 36.9 Å². The van der Waals surface area contributed by atoms with Crippen molar-refractivity contribution in [1.29, 1.82) is 0 Å². The zero-order valence-electron chi connectivity index (χ0n) is 17.1. The minimum Gasteiger partial charge on any atom is -0.378 e. The Balaban J connectivity index is 1.79. The van der Waals surface area contributed by atoms with E-state index in [-0.39, 0.29) is 0 Å². The summed E-state index contributed by atoms with van der Waals surface area (Å²) in [7, 11) is 0. The molecule has 2 rings (SSSR count). The molecule has 1 saturated heterocycles. The molecule has 1 fully saturated rings. The highest BCUT2D eigenvalue weighted by Gasteiger charge is 2.21. The lowest BCUT2D eigenvalue weighted by Gasteiger charge is -2.34. The van der Waals surface area contributed by atoms with Gasteiger partial charge in [-0.3, -0.25) is 4.99 Å². The number of likely N-dealkylation sites (tertiary alicyclic amines) is 1. The van der Waals surface area contributed by atoms with Crippen LogP contribution in [-0.4, -0.2) is 49.7 Å². The van der Waals surface area contributed by atoms with E-state index in [0.29, 0.717) is 12.0 Å². The molecule has 1 aliphatic heterocycles. The minimum atomic E-state index is 0.424. The number of piperidine rings is 1. The van der Waals surface area contributed by atoms with Gasteiger partial charge in [0, 0.05) is 32.8 Å². The van der Waals surface area contributed by atoms with E-state index in [2.05, 4.69) is 62.2 Å². The van der Waals surface area contributed by atoms with Gasteiger partial charge in [-0.05, 0) is 56.6 Å². The van der Waals surface area contributed by atoms with Crippen LogP contribution in [0.15, 0.2) is 29.3 Å². The van der Waals surface area contributed by atoms with E-state index >= 15 is 0 Å². The Bertz CT molecular complexity index is 531. The van der Waals surface area contributed by atoms with Gasteiger partial charge < -0.3 is 15.0 Å². The quantitative estimate of drug-likeness (QED) is 0.429. The fourth-order valence-corrected chi connectivity index (χ4v) is 3.43. The molecular weight excluding hydrogens is 322 g/mol. The van der Waals surface area contributed by atoms with Gasteiger partial charge in [-0.15, -0.1) is 0 Å². The summed E-state index contributed by atoms with van der Waals surface area (Å²) < 4.78 is 5.75. The van der Waals surface area contributed by atoms with Gasteiger partial charge in [0.15, 0.2) is 5.96 Å². The second kappa shape index (κ2) is 11.2. The Morgan fingerprint density at radius 3 is 2.46 bits per heavy atom. The highest BCUT2D eigenvalue weighted by atomic mass is 16.5. The number of hydrogen-bond acceptors (Lipinski definition) is 2. The maximum atomic E-state index is 5.75. The Hall–Kier alpha value is -1.55. The van der Waals surface area contributed by atoms with Gasteiger partial charge in [-0.2, -0.15) is 0 Å². The maximum absolute atomic E-state index is 5.75. The number of guanidine groups is 1. The first-order valence-electron chi connectivity index (χ1n) is 10.4. The van der Waals surface area contributed by atoms with Crippen LogP contribution >= 0.6 is 0 Å². The predicted octanol–water partition coefficient (Wildman–Crippen LogP) is 4.21. The van der Waals surface area contributed by atoms with Crippen molar-refractivity contribution < 1.29 is 4.74 Å². The van der Waals surface area contributed by atoms with Crippen molar-refractivity contribution in [3.63, 3.8) is 0 Å². The van der Waals surface area contributed by atoms with E-state index in [0.717, 1.165) is 64.4 Å². The van der Waals surface area contributed by atoms with Gasteiger partial charge in [0.1, 0.15) is 0 Å². The summed E-state index contributed by atoms with van der Waals surface area (Å²) in [6.07, 6.45) is 4.80. The van der Waals surface area contributed by atoms with Crippen LogP contribution in [0, 0.1) is 0 Å². The number of aryl methyl sites for hydroxylation is 1. The minimum absolute atomic E-state index is 0.424. The first-order valence-corrected chi connectivity index (χ1v) is 10.4. The number of ether oxygens (including phenoxy) is 1. The summed E-state index contributed by atoms with van der Waals surface area (Å²) in [4.78, 5) is 7.25. The number of aliphatic imine (C=N–C) groups is 1. The molecule has 0 radical (unpaired) electrons. The molecule has 0 spiro atoms. The summed E-state index contributed by atoms with van der Waals surface area (Å²) in [5, 5.41) is 3.45. The van der Waals surface area contributed by atoms with Crippen LogP contribution in [0.2, 0.25) is 0 Å². The van der Waals surface area contributed by atoms with Crippen molar-refractivity contribution in [3.8, 4) is 0 Å². The van der Waals surface area contributed by atoms with E-state index in [1.165, 1.54) is 11.1 Å². The summed E-state index contributed by atoms with van der Waals surface area (Å²) in [5.41, 5.74) is 2.82. The van der Waals surface area contributed by atoms with Gasteiger partial charge in [0.2, 0.25) is 0 Å². The van der Waals surface area contributed by atoms with Crippen LogP contribution in [-0.2, 0) is 11.2 Å². The Kier molecular flexibility index (Phi) is 8.96. The summed E-state index contributed by atoms with van der Waals surface area (Å²) in [5.74, 6) is 1.67. The van der Waals surface area contributed by atoms with Crippen LogP contribution in [0.25, 0.3) is 0 Å². The van der Waals surface area contributed by atoms with Gasteiger partial charge in [0.25, 0.3) is 0 Å². The molecule has 0 unspecified atom stereocenters. The first-order chi connectivity index (χ1) is 12.6. The molecule has 0 saturated carbocycles. The Morgan fingerprint density at radius 2 is 1.88 bits per heavy atom. The van der Waals surface area contributed by atoms with E-state index in [1.807, 2.05) is 0 Å². The standard InChI is InChI=1S/C22H37N3O/c1-5-23-22(25-16-13-21(14-17-25)26-6-2)24-15-7-8-19-9-11-20(12-10-19)18(3)4/h9-12,18,21H,5-8,13-17H2,1-4H3,(H,23,24). The molecule has 1 aromatic rings. The highest BCUT2D eigenvalue weighted by Crippen LogP contribution is 2.16. The van der Waals surface area contributed by atoms with Gasteiger partial charge in [-0.25, -0.2) is 0 Å². The molecule has 1 aromatic carbocycles. The molecule has 0 aliphatic carbocycles. The fraction of sp³-hybridized carbons (Fsp3) is 0.682. The molecule has 1 aliphatic rings. The normalized spacial score (nSPS) is 16.3. The molecule has 0 bridgehead atoms. The Morgan fingerprint density at radius 1 is 1.19 bits per heavy atom. The molecule has 26 heavy (non-hydrogen) atoms. The van der Waals surface area contributed by atoms with Crippen molar-refractivity contribution in [1.82, 2.24) is 10.2 Å². The molecular formula is C22H37N3O. The molecule has 4 heteroatoms. The molecule has 0 amide bonds. The van der Waals surface area contributed by atoms with Crippen molar-refractivity contribution in [2.75, 3.05) is 32.8 Å². The predicted molar refractivity (Wildman–Crippen MR) is 111 cm³/mol. The van der Waals surface area contributed by atoms with Crippen LogP contribution in [0.3, 0.4) is 0 Å². The van der Waals surface area contributed by atoms with Crippen LogP contribution in [0.1, 0.15) is 64.0 Å². The molecule has 4 nitrogen and oxygen atoms in total. The second-order valence-electron chi connectivity index (χ2n) is 7.38. The third-order valence-electron chi connectivity index (χ3n) is 5.01. The third kappa shape index (κ3) is 6.64. The van der Waals surface area contributed by atoms with Gasteiger partial charge in [-0.1, -0.05) is 38.1 Å². The van der Waals surface area contributed by atoms with Crippen molar-refractivity contribution >= 4 is 5.96 Å². The number of rotatable bonds is 8. The average Bonchev–Trinajstić information content (AvgIpc) is 2.65. The zero-order valence-corrected chi connectivity index (χ0v) is 17.1. The lowest BCUT2D eigenvalue weighted by molar-refractivity contribution is 0.0264. The van der Waals surface area contributed by atoms with Crippen LogP contribution in [0.4, 0.5) is 0 Å². The summed E-state index contributed by atoms with van der Waals surface area (Å²) >= 11 is 0. The van der Waals surface area contributed by atoms with E-state index < -0.39 is 0 Å². The second-order valence-corrected chi connectivity index (χ2v) is 7.38. The monoisotopic (exact) mass is 359 g/mol. The van der Waals surface area contributed by atoms with Crippen molar-refractivity contribution in [2.24, 2.45) is 4.99 Å².